The predicted molar refractivity (Wildman–Crippen MR) is 64.6 cm³/mol. The van der Waals surface area contributed by atoms with Crippen molar-refractivity contribution in [2.75, 3.05) is 5.32 Å². The van der Waals surface area contributed by atoms with Crippen LogP contribution in [0.1, 0.15) is 25.7 Å². The molecule has 0 radical (unpaired) electrons. The fourth-order valence-electron chi connectivity index (χ4n) is 1.85. The van der Waals surface area contributed by atoms with Gasteiger partial charge in [-0.25, -0.2) is 0 Å². The van der Waals surface area contributed by atoms with Crippen molar-refractivity contribution < 1.29 is 4.79 Å². The van der Waals surface area contributed by atoms with Gasteiger partial charge in [0.05, 0.1) is 0 Å². The Bertz CT molecular complexity index is 303. The molecule has 0 amide bonds. The first-order chi connectivity index (χ1) is 6.84. The van der Waals surface area contributed by atoms with Crippen molar-refractivity contribution in [2.45, 2.75) is 31.7 Å². The second kappa shape index (κ2) is 5.76. The smallest absolute Gasteiger partial charge is 0.133 e. The highest BCUT2D eigenvalue weighted by molar-refractivity contribution is 5.85. The van der Waals surface area contributed by atoms with Gasteiger partial charge < -0.3 is 5.32 Å². The molecule has 3 heteroatoms. The van der Waals surface area contributed by atoms with Crippen LogP contribution < -0.4 is 5.32 Å². The van der Waals surface area contributed by atoms with Crippen LogP contribution in [-0.2, 0) is 4.79 Å². The summed E-state index contributed by atoms with van der Waals surface area (Å²) in [6.45, 7) is 0. The third-order valence-electron chi connectivity index (χ3n) is 2.69. The van der Waals surface area contributed by atoms with E-state index in [1.165, 1.54) is 0 Å². The second-order valence-electron chi connectivity index (χ2n) is 3.82. The number of para-hydroxylation sites is 1. The molecule has 2 rings (SSSR count). The molecule has 0 bridgehead atoms. The van der Waals surface area contributed by atoms with Gasteiger partial charge in [0.15, 0.2) is 0 Å². The Kier molecular flexibility index (Phi) is 4.63. The topological polar surface area (TPSA) is 29.1 Å². The Hall–Kier alpha value is -1.02. The molecule has 82 valence electrons. The summed E-state index contributed by atoms with van der Waals surface area (Å²) >= 11 is 0. The van der Waals surface area contributed by atoms with Gasteiger partial charge in [0.2, 0.25) is 0 Å². The normalized spacial score (nSPS) is 16.9. The molecule has 1 aromatic rings. The molecule has 1 saturated carbocycles. The molecule has 0 aromatic heterocycles. The van der Waals surface area contributed by atoms with Crippen LogP contribution in [0.25, 0.3) is 0 Å². The SMILES string of the molecule is Cl.O=C1CCC(Nc2ccccc2)CC1. The van der Waals surface area contributed by atoms with E-state index < -0.39 is 0 Å². The van der Waals surface area contributed by atoms with Crippen molar-refractivity contribution in [3.63, 3.8) is 0 Å². The van der Waals surface area contributed by atoms with Gasteiger partial charge in [-0.1, -0.05) is 18.2 Å². The fraction of sp³-hybridized carbons (Fsp3) is 0.417. The minimum atomic E-state index is 0. The van der Waals surface area contributed by atoms with Crippen molar-refractivity contribution in [1.82, 2.24) is 0 Å². The summed E-state index contributed by atoms with van der Waals surface area (Å²) in [6.07, 6.45) is 3.44. The van der Waals surface area contributed by atoms with Gasteiger partial charge in [0.1, 0.15) is 5.78 Å². The lowest BCUT2D eigenvalue weighted by molar-refractivity contribution is -0.120. The van der Waals surface area contributed by atoms with Gasteiger partial charge in [-0.05, 0) is 25.0 Å². The number of ketones is 1. The summed E-state index contributed by atoms with van der Waals surface area (Å²) < 4.78 is 0. The van der Waals surface area contributed by atoms with Crippen molar-refractivity contribution in [2.24, 2.45) is 0 Å². The molecule has 1 N–H and O–H groups in total. The van der Waals surface area contributed by atoms with E-state index in [9.17, 15) is 4.79 Å². The maximum atomic E-state index is 11.0. The molecule has 0 unspecified atom stereocenters. The molecule has 0 heterocycles. The number of anilines is 1. The molecular weight excluding hydrogens is 210 g/mol. The zero-order valence-electron chi connectivity index (χ0n) is 8.61. The Balaban J connectivity index is 0.00000112. The first-order valence-electron chi connectivity index (χ1n) is 5.18. The van der Waals surface area contributed by atoms with E-state index >= 15 is 0 Å². The number of hydrogen-bond acceptors (Lipinski definition) is 2. The molecule has 2 nitrogen and oxygen atoms in total. The predicted octanol–water partition coefficient (Wildman–Crippen LogP) is 3.03. The Morgan fingerprint density at radius 3 is 2.27 bits per heavy atom. The molecule has 0 saturated heterocycles. The maximum Gasteiger partial charge on any atom is 0.133 e. The Morgan fingerprint density at radius 1 is 1.07 bits per heavy atom. The van der Waals surface area contributed by atoms with Gasteiger partial charge in [0, 0.05) is 24.6 Å². The minimum Gasteiger partial charge on any atom is -0.382 e. The Labute approximate surface area is 96.5 Å². The lowest BCUT2D eigenvalue weighted by Crippen LogP contribution is -2.25. The highest BCUT2D eigenvalue weighted by Gasteiger charge is 2.17. The first-order valence-corrected chi connectivity index (χ1v) is 5.18. The summed E-state index contributed by atoms with van der Waals surface area (Å²) in [7, 11) is 0. The molecule has 1 aromatic carbocycles. The highest BCUT2D eigenvalue weighted by Crippen LogP contribution is 2.19. The number of Topliss-reactive ketones (excluding diaryl/α,β-unsaturated/α-hetero) is 1. The van der Waals surface area contributed by atoms with Crippen LogP contribution in [0.5, 0.6) is 0 Å². The van der Waals surface area contributed by atoms with Crippen LogP contribution in [0.4, 0.5) is 5.69 Å². The number of carbonyl (C=O) groups is 1. The van der Waals surface area contributed by atoms with E-state index in [0.29, 0.717) is 11.8 Å². The average molecular weight is 226 g/mol. The Morgan fingerprint density at radius 2 is 1.67 bits per heavy atom. The van der Waals surface area contributed by atoms with E-state index in [1.807, 2.05) is 18.2 Å². The van der Waals surface area contributed by atoms with E-state index in [-0.39, 0.29) is 12.4 Å². The van der Waals surface area contributed by atoms with Gasteiger partial charge in [0.25, 0.3) is 0 Å². The lowest BCUT2D eigenvalue weighted by Gasteiger charge is -2.23. The van der Waals surface area contributed by atoms with E-state index in [2.05, 4.69) is 17.4 Å². The number of nitrogens with one attached hydrogen (secondary N) is 1. The average Bonchev–Trinajstić information content (AvgIpc) is 2.23. The standard InChI is InChI=1S/C12H15NO.ClH/c14-12-8-6-11(7-9-12)13-10-4-2-1-3-5-10;/h1-5,11,13H,6-9H2;1H. The van der Waals surface area contributed by atoms with Crippen molar-refractivity contribution in [3.8, 4) is 0 Å². The number of rotatable bonds is 2. The van der Waals surface area contributed by atoms with Gasteiger partial charge in [-0.2, -0.15) is 0 Å². The summed E-state index contributed by atoms with van der Waals surface area (Å²) in [5.41, 5.74) is 1.16. The first kappa shape index (κ1) is 12.1. The summed E-state index contributed by atoms with van der Waals surface area (Å²) in [5, 5.41) is 3.45. The molecule has 1 aliphatic rings. The van der Waals surface area contributed by atoms with Crippen molar-refractivity contribution in [1.29, 1.82) is 0 Å². The number of carbonyl (C=O) groups excluding carboxylic acids is 1. The van der Waals surface area contributed by atoms with E-state index in [1.54, 1.807) is 0 Å². The largest absolute Gasteiger partial charge is 0.382 e. The summed E-state index contributed by atoms with van der Waals surface area (Å²) in [4.78, 5) is 11.0. The third-order valence-corrected chi connectivity index (χ3v) is 2.69. The monoisotopic (exact) mass is 225 g/mol. The molecule has 0 atom stereocenters. The van der Waals surface area contributed by atoms with Gasteiger partial charge in [-0.15, -0.1) is 12.4 Å². The van der Waals surface area contributed by atoms with Gasteiger partial charge in [-0.3, -0.25) is 4.79 Å². The van der Waals surface area contributed by atoms with Crippen molar-refractivity contribution in [3.05, 3.63) is 30.3 Å². The molecule has 0 spiro atoms. The number of hydrogen-bond donors (Lipinski definition) is 1. The summed E-state index contributed by atoms with van der Waals surface area (Å²) in [6, 6.07) is 10.7. The lowest BCUT2D eigenvalue weighted by atomic mass is 9.94. The molecule has 1 fully saturated rings. The minimum absolute atomic E-state index is 0. The molecule has 0 aliphatic heterocycles. The van der Waals surface area contributed by atoms with Crippen LogP contribution >= 0.6 is 12.4 Å². The quantitative estimate of drug-likeness (QED) is 0.839. The third kappa shape index (κ3) is 3.56. The maximum absolute atomic E-state index is 11.0. The fourth-order valence-corrected chi connectivity index (χ4v) is 1.85. The van der Waals surface area contributed by atoms with E-state index in [0.717, 1.165) is 31.4 Å². The molecule has 15 heavy (non-hydrogen) atoms. The summed E-state index contributed by atoms with van der Waals surface area (Å²) in [5.74, 6) is 0.413. The zero-order valence-corrected chi connectivity index (χ0v) is 9.43. The molecule has 1 aliphatic carbocycles. The van der Waals surface area contributed by atoms with Crippen LogP contribution in [0, 0.1) is 0 Å². The number of benzene rings is 1. The van der Waals surface area contributed by atoms with Crippen LogP contribution in [-0.4, -0.2) is 11.8 Å². The van der Waals surface area contributed by atoms with Crippen molar-refractivity contribution >= 4 is 23.9 Å². The van der Waals surface area contributed by atoms with Crippen LogP contribution in [0.3, 0.4) is 0 Å². The second-order valence-corrected chi connectivity index (χ2v) is 3.82. The molecular formula is C12H16ClNO. The number of halogens is 1. The van der Waals surface area contributed by atoms with Gasteiger partial charge >= 0.3 is 0 Å². The zero-order chi connectivity index (χ0) is 9.80. The van der Waals surface area contributed by atoms with Crippen LogP contribution in [0.2, 0.25) is 0 Å². The van der Waals surface area contributed by atoms with E-state index in [4.69, 9.17) is 0 Å². The highest BCUT2D eigenvalue weighted by atomic mass is 35.5. The van der Waals surface area contributed by atoms with Crippen LogP contribution in [0.15, 0.2) is 30.3 Å².